The lowest BCUT2D eigenvalue weighted by molar-refractivity contribution is 0.411. The Balaban J connectivity index is 1.43. The normalized spacial score (nSPS) is 13.3. The summed E-state index contributed by atoms with van der Waals surface area (Å²) in [5.74, 6) is 1.73. The van der Waals surface area contributed by atoms with Gasteiger partial charge in [0, 0.05) is 37.5 Å². The summed E-state index contributed by atoms with van der Waals surface area (Å²) >= 11 is 6.80. The molecule has 48 heavy (non-hydrogen) atoms. The molecule has 1 aliphatic rings. The smallest absolute Gasteiger partial charge is 0.311 e. The molecule has 246 valence electrons. The third kappa shape index (κ3) is 6.75. The number of methoxy groups -OCH3 is 3. The number of fused-ring (bicyclic) bond motifs is 1. The summed E-state index contributed by atoms with van der Waals surface area (Å²) in [7, 11) is 4.77. The molecule has 0 bridgehead atoms. The van der Waals surface area contributed by atoms with Crippen LogP contribution in [0.1, 0.15) is 24.0 Å². The number of halogens is 3. The van der Waals surface area contributed by atoms with Crippen LogP contribution in [0.25, 0.3) is 22.2 Å². The van der Waals surface area contributed by atoms with Crippen LogP contribution >= 0.6 is 11.6 Å². The van der Waals surface area contributed by atoms with Crippen LogP contribution in [-0.4, -0.2) is 49.4 Å². The summed E-state index contributed by atoms with van der Waals surface area (Å²) in [5, 5.41) is 9.66. The predicted molar refractivity (Wildman–Crippen MR) is 181 cm³/mol. The third-order valence-corrected chi connectivity index (χ3v) is 8.79. The highest BCUT2D eigenvalue weighted by molar-refractivity contribution is 6.34. The van der Waals surface area contributed by atoms with Crippen molar-refractivity contribution in [3.63, 3.8) is 0 Å². The highest BCUT2D eigenvalue weighted by Gasteiger charge is 2.27. The fourth-order valence-electron chi connectivity index (χ4n) is 5.92. The van der Waals surface area contributed by atoms with Gasteiger partial charge in [-0.25, -0.2) is 9.37 Å². The Hall–Kier alpha value is -5.21. The van der Waals surface area contributed by atoms with Crippen molar-refractivity contribution in [1.82, 2.24) is 15.0 Å². The van der Waals surface area contributed by atoms with Crippen LogP contribution in [0.3, 0.4) is 0 Å². The predicted octanol–water partition coefficient (Wildman–Crippen LogP) is 7.60. The second kappa shape index (κ2) is 14.3. The first kappa shape index (κ1) is 32.7. The van der Waals surface area contributed by atoms with E-state index in [-0.39, 0.29) is 38.9 Å². The van der Waals surface area contributed by atoms with E-state index in [9.17, 15) is 9.65 Å². The van der Waals surface area contributed by atoms with Crippen molar-refractivity contribution in [2.75, 3.05) is 44.2 Å². The van der Waals surface area contributed by atoms with Gasteiger partial charge in [-0.05, 0) is 66.4 Å². The van der Waals surface area contributed by atoms with Crippen molar-refractivity contribution >= 4 is 34.1 Å². The minimum absolute atomic E-state index is 0.0193. The molecule has 0 spiro atoms. The molecule has 12 heteroatoms. The van der Waals surface area contributed by atoms with Gasteiger partial charge < -0.3 is 24.0 Å². The van der Waals surface area contributed by atoms with Crippen LogP contribution in [0.2, 0.25) is 5.02 Å². The van der Waals surface area contributed by atoms with Crippen LogP contribution in [-0.2, 0) is 13.1 Å². The number of piperidine rings is 1. The Morgan fingerprint density at radius 1 is 0.854 bits per heavy atom. The number of ether oxygens (including phenoxy) is 3. The first-order valence-electron chi connectivity index (χ1n) is 15.4. The molecular weight excluding hydrogens is 638 g/mol. The van der Waals surface area contributed by atoms with E-state index in [0.717, 1.165) is 22.6 Å². The van der Waals surface area contributed by atoms with Crippen LogP contribution in [0.4, 0.5) is 20.4 Å². The highest BCUT2D eigenvalue weighted by Crippen LogP contribution is 2.40. The Morgan fingerprint density at radius 3 is 2.00 bits per heavy atom. The minimum Gasteiger partial charge on any atom is -0.497 e. The molecule has 9 nitrogen and oxygen atoms in total. The highest BCUT2D eigenvalue weighted by atomic mass is 35.5. The molecule has 3 aromatic carbocycles. The topological polar surface area (TPSA) is 96.6 Å². The van der Waals surface area contributed by atoms with E-state index < -0.39 is 11.9 Å². The maximum absolute atomic E-state index is 16.5. The molecule has 0 aliphatic carbocycles. The summed E-state index contributed by atoms with van der Waals surface area (Å²) in [5.41, 5.74) is 1.96. The van der Waals surface area contributed by atoms with Crippen LogP contribution < -0.4 is 24.0 Å². The molecule has 3 heterocycles. The quantitative estimate of drug-likeness (QED) is 0.139. The van der Waals surface area contributed by atoms with Crippen LogP contribution in [0.15, 0.2) is 66.7 Å². The number of benzene rings is 3. The summed E-state index contributed by atoms with van der Waals surface area (Å²) in [4.78, 5) is 16.6. The molecule has 0 saturated carbocycles. The van der Waals surface area contributed by atoms with E-state index >= 15 is 4.39 Å². The minimum atomic E-state index is -1.05. The van der Waals surface area contributed by atoms with Gasteiger partial charge in [0.25, 0.3) is 0 Å². The zero-order valence-corrected chi connectivity index (χ0v) is 27.5. The lowest BCUT2D eigenvalue weighted by atomic mass is 9.98. The summed E-state index contributed by atoms with van der Waals surface area (Å²) in [6, 6.07) is 22.5. The van der Waals surface area contributed by atoms with E-state index in [1.165, 1.54) is 0 Å². The maximum Gasteiger partial charge on any atom is 0.311 e. The zero-order chi connectivity index (χ0) is 33.8. The molecule has 2 aromatic heterocycles. The first-order chi connectivity index (χ1) is 23.3. The molecule has 1 saturated heterocycles. The number of nitriles is 1. The monoisotopic (exact) mass is 670 g/mol. The van der Waals surface area contributed by atoms with Gasteiger partial charge in [0.2, 0.25) is 0 Å². The number of nitrogens with zero attached hydrogens (tertiary/aromatic N) is 6. The van der Waals surface area contributed by atoms with Gasteiger partial charge >= 0.3 is 6.08 Å². The Morgan fingerprint density at radius 2 is 1.46 bits per heavy atom. The SMILES string of the molecule is COc1ccc(CN(Cc2ccc(OC)cc2)c2nc(-c3c(Cl)cc4c(N5CCC(C#N)CC5)nc(F)nc4c3F)ccc2OC)cc1. The first-order valence-corrected chi connectivity index (χ1v) is 15.8. The van der Waals surface area contributed by atoms with Crippen molar-refractivity contribution in [3.05, 3.63) is 94.8 Å². The van der Waals surface area contributed by atoms with Gasteiger partial charge in [-0.1, -0.05) is 35.9 Å². The Labute approximate surface area is 282 Å². The van der Waals surface area contributed by atoms with Crippen LogP contribution in [0, 0.1) is 29.1 Å². The number of aromatic nitrogens is 3. The number of anilines is 2. The standard InChI is InChI=1S/C36H33ClF2N6O3/c1-46-25-8-4-23(5-9-25)20-45(21-24-6-10-26(47-2)11-7-24)35-30(48-3)13-12-29(41-35)31-28(37)18-27-33(32(31)38)42-36(39)43-34(27)44-16-14-22(19-40)15-17-44/h4-13,18,22H,14-17,20-21H2,1-3H3. The molecule has 0 radical (unpaired) electrons. The second-order valence-electron chi connectivity index (χ2n) is 11.4. The largest absolute Gasteiger partial charge is 0.497 e. The second-order valence-corrected chi connectivity index (χ2v) is 11.8. The summed E-state index contributed by atoms with van der Waals surface area (Å²) < 4.78 is 47.7. The summed E-state index contributed by atoms with van der Waals surface area (Å²) in [6.07, 6.45) is 0.139. The lowest BCUT2D eigenvalue weighted by Gasteiger charge is -2.30. The third-order valence-electron chi connectivity index (χ3n) is 8.49. The fourth-order valence-corrected chi connectivity index (χ4v) is 6.21. The van der Waals surface area contributed by atoms with Crippen molar-refractivity contribution in [2.45, 2.75) is 25.9 Å². The van der Waals surface area contributed by atoms with E-state index in [0.29, 0.717) is 50.6 Å². The average molecular weight is 671 g/mol. The van der Waals surface area contributed by atoms with Gasteiger partial charge in [-0.15, -0.1) is 0 Å². The van der Waals surface area contributed by atoms with Crippen molar-refractivity contribution in [3.8, 4) is 34.6 Å². The molecule has 1 aliphatic heterocycles. The number of hydrogen-bond donors (Lipinski definition) is 0. The number of rotatable bonds is 10. The van der Waals surface area contributed by atoms with E-state index in [2.05, 4.69) is 16.0 Å². The molecule has 0 unspecified atom stereocenters. The Bertz CT molecular complexity index is 1910. The molecule has 1 fully saturated rings. The van der Waals surface area contributed by atoms with Gasteiger partial charge in [0.05, 0.1) is 43.7 Å². The fraction of sp³-hybridized carbons (Fsp3) is 0.278. The average Bonchev–Trinajstić information content (AvgIpc) is 3.12. The van der Waals surface area contributed by atoms with Crippen LogP contribution in [0.5, 0.6) is 17.2 Å². The van der Waals surface area contributed by atoms with E-state index in [1.54, 1.807) is 39.5 Å². The maximum atomic E-state index is 16.5. The molecule has 0 atom stereocenters. The zero-order valence-electron chi connectivity index (χ0n) is 26.7. The molecule has 0 amide bonds. The molecule has 6 rings (SSSR count). The van der Waals surface area contributed by atoms with Gasteiger partial charge in [0.1, 0.15) is 22.8 Å². The van der Waals surface area contributed by atoms with E-state index in [4.69, 9.17) is 30.8 Å². The molecule has 0 N–H and O–H groups in total. The number of pyridine rings is 1. The Kier molecular flexibility index (Phi) is 9.73. The van der Waals surface area contributed by atoms with E-state index in [1.807, 2.05) is 58.3 Å². The molecular formula is C36H33ClF2N6O3. The van der Waals surface area contributed by atoms with Crippen molar-refractivity contribution in [1.29, 1.82) is 5.26 Å². The van der Waals surface area contributed by atoms with Gasteiger partial charge in [0.15, 0.2) is 17.4 Å². The van der Waals surface area contributed by atoms with Crippen molar-refractivity contribution < 1.29 is 23.0 Å². The summed E-state index contributed by atoms with van der Waals surface area (Å²) in [6.45, 7) is 1.82. The molecule has 5 aromatic rings. The van der Waals surface area contributed by atoms with Crippen molar-refractivity contribution in [2.24, 2.45) is 5.92 Å². The lowest BCUT2D eigenvalue weighted by Crippen LogP contribution is -2.34. The van der Waals surface area contributed by atoms with Gasteiger partial charge in [-0.2, -0.15) is 19.6 Å². The number of hydrogen-bond acceptors (Lipinski definition) is 9. The van der Waals surface area contributed by atoms with Gasteiger partial charge in [-0.3, -0.25) is 0 Å².